The summed E-state index contributed by atoms with van der Waals surface area (Å²) in [6.45, 7) is 2.42. The van der Waals surface area contributed by atoms with Crippen molar-refractivity contribution >= 4 is 0 Å². The molecule has 0 heterocycles. The molecule has 0 heteroatoms. The molecule has 0 aromatic rings. The quantitative estimate of drug-likeness (QED) is 0.522. The first-order chi connectivity index (χ1) is 4.86. The molecule has 0 amide bonds. The predicted octanol–water partition coefficient (Wildman–Crippen LogP) is 3.22. The van der Waals surface area contributed by atoms with E-state index < -0.39 is 0 Å². The topological polar surface area (TPSA) is 0 Å². The molecule has 0 aromatic carbocycles. The minimum absolute atomic E-state index is 1.05. The van der Waals surface area contributed by atoms with Crippen LogP contribution in [0.25, 0.3) is 0 Å². The lowest BCUT2D eigenvalue weighted by Gasteiger charge is -2.31. The molecule has 0 N–H and O–H groups in total. The van der Waals surface area contributed by atoms with Gasteiger partial charge in [-0.05, 0) is 30.6 Å². The van der Waals surface area contributed by atoms with Crippen LogP contribution < -0.4 is 0 Å². The van der Waals surface area contributed by atoms with E-state index in [1.807, 2.05) is 0 Å². The van der Waals surface area contributed by atoms with Crippen LogP contribution in [0.4, 0.5) is 0 Å². The summed E-state index contributed by atoms with van der Waals surface area (Å²) in [6, 6.07) is 0. The molecule has 58 valence electrons. The van der Waals surface area contributed by atoms with E-state index in [4.69, 9.17) is 0 Å². The molecule has 2 aliphatic rings. The highest BCUT2D eigenvalue weighted by Gasteiger charge is 2.31. The lowest BCUT2D eigenvalue weighted by Crippen LogP contribution is -2.19. The minimum atomic E-state index is 1.05. The molecule has 0 aliphatic heterocycles. The minimum Gasteiger partial charge on any atom is -0.0625 e. The fourth-order valence-corrected chi connectivity index (χ4v) is 2.59. The van der Waals surface area contributed by atoms with Crippen molar-refractivity contribution < 1.29 is 0 Å². The number of hydrogen-bond donors (Lipinski definition) is 0. The van der Waals surface area contributed by atoms with E-state index >= 15 is 0 Å². The van der Waals surface area contributed by atoms with E-state index in [0.29, 0.717) is 0 Å². The Kier molecular flexibility index (Phi) is 1.71. The van der Waals surface area contributed by atoms with Gasteiger partial charge in [0.1, 0.15) is 0 Å². The van der Waals surface area contributed by atoms with E-state index in [-0.39, 0.29) is 0 Å². The molecule has 0 aromatic heterocycles. The van der Waals surface area contributed by atoms with Crippen LogP contribution >= 0.6 is 0 Å². The van der Waals surface area contributed by atoms with E-state index in [9.17, 15) is 0 Å². The first-order valence-electron chi connectivity index (χ1n) is 4.86. The largest absolute Gasteiger partial charge is 0.0625 e. The first-order valence-corrected chi connectivity index (χ1v) is 4.86. The SMILES string of the molecule is C[C@H]1CCC(C2CCC2)C1. The van der Waals surface area contributed by atoms with Crippen LogP contribution in [-0.2, 0) is 0 Å². The summed E-state index contributed by atoms with van der Waals surface area (Å²) >= 11 is 0. The number of hydrogen-bond acceptors (Lipinski definition) is 0. The van der Waals surface area contributed by atoms with Crippen LogP contribution in [-0.4, -0.2) is 0 Å². The highest BCUT2D eigenvalue weighted by molar-refractivity contribution is 4.83. The highest BCUT2D eigenvalue weighted by Crippen LogP contribution is 2.43. The molecule has 0 bridgehead atoms. The van der Waals surface area contributed by atoms with Crippen molar-refractivity contribution in [2.24, 2.45) is 17.8 Å². The van der Waals surface area contributed by atoms with Gasteiger partial charge in [0.25, 0.3) is 0 Å². The van der Waals surface area contributed by atoms with Crippen LogP contribution in [0.2, 0.25) is 0 Å². The lowest BCUT2D eigenvalue weighted by molar-refractivity contribution is 0.206. The van der Waals surface area contributed by atoms with E-state index in [1.54, 1.807) is 25.7 Å². The fraction of sp³-hybridized carbons (Fsp3) is 1.00. The van der Waals surface area contributed by atoms with Gasteiger partial charge >= 0.3 is 0 Å². The van der Waals surface area contributed by atoms with Crippen LogP contribution in [0, 0.1) is 17.8 Å². The Bertz CT molecular complexity index is 113. The van der Waals surface area contributed by atoms with Crippen molar-refractivity contribution in [1.82, 2.24) is 0 Å². The maximum atomic E-state index is 2.42. The molecule has 0 spiro atoms. The van der Waals surface area contributed by atoms with Crippen LogP contribution in [0.1, 0.15) is 45.4 Å². The van der Waals surface area contributed by atoms with Gasteiger partial charge in [-0.2, -0.15) is 0 Å². The van der Waals surface area contributed by atoms with Crippen molar-refractivity contribution in [2.45, 2.75) is 45.4 Å². The molecule has 10 heavy (non-hydrogen) atoms. The van der Waals surface area contributed by atoms with Gasteiger partial charge < -0.3 is 0 Å². The lowest BCUT2D eigenvalue weighted by atomic mass is 9.75. The zero-order valence-electron chi connectivity index (χ0n) is 6.97. The predicted molar refractivity (Wildman–Crippen MR) is 43.8 cm³/mol. The van der Waals surface area contributed by atoms with Crippen molar-refractivity contribution in [2.75, 3.05) is 0 Å². The molecule has 0 nitrogen and oxygen atoms in total. The molecule has 2 aliphatic carbocycles. The third kappa shape index (κ3) is 1.09. The van der Waals surface area contributed by atoms with Gasteiger partial charge in [-0.25, -0.2) is 0 Å². The summed E-state index contributed by atoms with van der Waals surface area (Å²) in [7, 11) is 0. The zero-order valence-corrected chi connectivity index (χ0v) is 6.97. The van der Waals surface area contributed by atoms with E-state index in [1.165, 1.54) is 12.8 Å². The molecule has 0 saturated heterocycles. The normalized spacial score (nSPS) is 41.7. The Labute approximate surface area is 64.0 Å². The van der Waals surface area contributed by atoms with Gasteiger partial charge in [0.05, 0.1) is 0 Å². The van der Waals surface area contributed by atoms with Crippen LogP contribution in [0.3, 0.4) is 0 Å². The van der Waals surface area contributed by atoms with Gasteiger partial charge in [0, 0.05) is 0 Å². The molecule has 2 atom stereocenters. The Balaban J connectivity index is 1.82. The summed E-state index contributed by atoms with van der Waals surface area (Å²) in [4.78, 5) is 0. The van der Waals surface area contributed by atoms with E-state index in [0.717, 1.165) is 17.8 Å². The monoisotopic (exact) mass is 138 g/mol. The standard InChI is InChI=1S/C10H18/c1-8-5-6-10(7-8)9-3-2-4-9/h8-10H,2-7H2,1H3/t8-,10?/m0/s1. The Morgan fingerprint density at radius 3 is 2.10 bits per heavy atom. The first kappa shape index (κ1) is 6.69. The third-order valence-electron chi connectivity index (χ3n) is 3.55. The summed E-state index contributed by atoms with van der Waals surface area (Å²) < 4.78 is 0. The third-order valence-corrected chi connectivity index (χ3v) is 3.55. The molecular weight excluding hydrogens is 120 g/mol. The van der Waals surface area contributed by atoms with Crippen molar-refractivity contribution in [3.63, 3.8) is 0 Å². The van der Waals surface area contributed by atoms with Crippen molar-refractivity contribution in [1.29, 1.82) is 0 Å². The Morgan fingerprint density at radius 1 is 0.900 bits per heavy atom. The Hall–Kier alpha value is 0. The average Bonchev–Trinajstić information content (AvgIpc) is 2.10. The molecular formula is C10H18. The smallest absolute Gasteiger partial charge is 0.0383 e. The molecule has 2 saturated carbocycles. The Morgan fingerprint density at radius 2 is 1.70 bits per heavy atom. The zero-order chi connectivity index (χ0) is 6.97. The van der Waals surface area contributed by atoms with Gasteiger partial charge in [-0.1, -0.05) is 32.6 Å². The van der Waals surface area contributed by atoms with Crippen LogP contribution in [0.15, 0.2) is 0 Å². The van der Waals surface area contributed by atoms with Gasteiger partial charge in [-0.15, -0.1) is 0 Å². The summed E-state index contributed by atoms with van der Waals surface area (Å²) in [5.74, 6) is 3.35. The average molecular weight is 138 g/mol. The fourth-order valence-electron chi connectivity index (χ4n) is 2.59. The van der Waals surface area contributed by atoms with Crippen LogP contribution in [0.5, 0.6) is 0 Å². The molecule has 2 fully saturated rings. The molecule has 2 rings (SSSR count). The maximum Gasteiger partial charge on any atom is -0.0383 e. The summed E-state index contributed by atoms with van der Waals surface area (Å²) in [5.41, 5.74) is 0. The number of rotatable bonds is 1. The van der Waals surface area contributed by atoms with Gasteiger partial charge in [0.2, 0.25) is 0 Å². The molecule has 0 radical (unpaired) electrons. The second kappa shape index (κ2) is 2.56. The van der Waals surface area contributed by atoms with E-state index in [2.05, 4.69) is 6.92 Å². The second-order valence-corrected chi connectivity index (χ2v) is 4.37. The molecule has 1 unspecified atom stereocenters. The summed E-state index contributed by atoms with van der Waals surface area (Å²) in [6.07, 6.45) is 9.24. The maximum absolute atomic E-state index is 2.42. The van der Waals surface area contributed by atoms with Crippen molar-refractivity contribution in [3.05, 3.63) is 0 Å². The highest BCUT2D eigenvalue weighted by atomic mass is 14.4. The van der Waals surface area contributed by atoms with Gasteiger partial charge in [-0.3, -0.25) is 0 Å². The second-order valence-electron chi connectivity index (χ2n) is 4.37. The van der Waals surface area contributed by atoms with Gasteiger partial charge in [0.15, 0.2) is 0 Å². The summed E-state index contributed by atoms with van der Waals surface area (Å²) in [5, 5.41) is 0. The van der Waals surface area contributed by atoms with Crippen molar-refractivity contribution in [3.8, 4) is 0 Å².